The quantitative estimate of drug-likeness (QED) is 0.564. The largest absolute Gasteiger partial charge is 0.486 e. The Morgan fingerprint density at radius 3 is 2.89 bits per heavy atom. The maximum absolute atomic E-state index is 6.35. The average Bonchev–Trinajstić information content (AvgIpc) is 3.24. The van der Waals surface area contributed by atoms with Crippen molar-refractivity contribution < 1.29 is 13.9 Å². The van der Waals surface area contributed by atoms with Crippen LogP contribution in [0.1, 0.15) is 35.9 Å². The van der Waals surface area contributed by atoms with Crippen LogP contribution in [0.4, 0.5) is 0 Å². The third kappa shape index (κ3) is 3.53. The molecule has 0 unspecified atom stereocenters. The van der Waals surface area contributed by atoms with Crippen molar-refractivity contribution in [2.75, 3.05) is 13.2 Å². The molecule has 2 aromatic heterocycles. The first kappa shape index (κ1) is 17.0. The predicted octanol–water partition coefficient (Wildman–Crippen LogP) is 4.51. The van der Waals surface area contributed by atoms with Crippen molar-refractivity contribution in [3.05, 3.63) is 52.7 Å². The highest BCUT2D eigenvalue weighted by molar-refractivity contribution is 7.98. The number of hydrogen-bond acceptors (Lipinski definition) is 6. The van der Waals surface area contributed by atoms with E-state index in [1.54, 1.807) is 18.0 Å². The van der Waals surface area contributed by atoms with Gasteiger partial charge in [-0.1, -0.05) is 23.4 Å². The van der Waals surface area contributed by atoms with Gasteiger partial charge in [-0.3, -0.25) is 4.57 Å². The van der Waals surface area contributed by atoms with Gasteiger partial charge in [0.15, 0.2) is 16.7 Å². The molecule has 1 aromatic carbocycles. The van der Waals surface area contributed by atoms with Crippen molar-refractivity contribution in [3.8, 4) is 11.5 Å². The summed E-state index contributed by atoms with van der Waals surface area (Å²) in [6, 6.07) is 7.80. The van der Waals surface area contributed by atoms with Gasteiger partial charge >= 0.3 is 0 Å². The highest BCUT2D eigenvalue weighted by atomic mass is 35.5. The first-order valence-corrected chi connectivity index (χ1v) is 10.3. The fourth-order valence-electron chi connectivity index (χ4n) is 3.15. The van der Waals surface area contributed by atoms with Crippen LogP contribution in [0.2, 0.25) is 5.02 Å². The van der Waals surface area contributed by atoms with Crippen molar-refractivity contribution in [2.45, 2.75) is 36.2 Å². The lowest BCUT2D eigenvalue weighted by Crippen LogP contribution is -2.15. The lowest BCUT2D eigenvalue weighted by atomic mass is 10.2. The van der Waals surface area contributed by atoms with Gasteiger partial charge in [0.2, 0.25) is 0 Å². The SMILES string of the molecule is Clc1cc(CSc2nnc(C3CC3)n2Cc2ccco2)cc2c1OCCO2. The minimum absolute atomic E-state index is 0.519. The zero-order chi connectivity index (χ0) is 18.2. The molecule has 1 fully saturated rings. The number of fused-ring (bicyclic) bond motifs is 1. The Morgan fingerprint density at radius 1 is 1.19 bits per heavy atom. The van der Waals surface area contributed by atoms with Gasteiger partial charge in [0.05, 0.1) is 17.8 Å². The molecule has 0 N–H and O–H groups in total. The first-order valence-electron chi connectivity index (χ1n) is 8.94. The summed E-state index contributed by atoms with van der Waals surface area (Å²) in [7, 11) is 0. The second-order valence-corrected chi connectivity index (χ2v) is 8.02. The minimum Gasteiger partial charge on any atom is -0.486 e. The van der Waals surface area contributed by atoms with E-state index >= 15 is 0 Å². The van der Waals surface area contributed by atoms with Gasteiger partial charge < -0.3 is 13.9 Å². The van der Waals surface area contributed by atoms with E-state index in [4.69, 9.17) is 25.5 Å². The number of benzene rings is 1. The fraction of sp³-hybridized carbons (Fsp3) is 0.368. The number of ether oxygens (including phenoxy) is 2. The monoisotopic (exact) mass is 403 g/mol. The molecule has 3 heterocycles. The summed E-state index contributed by atoms with van der Waals surface area (Å²) in [6.07, 6.45) is 4.05. The smallest absolute Gasteiger partial charge is 0.191 e. The second kappa shape index (κ2) is 7.13. The van der Waals surface area contributed by atoms with Crippen molar-refractivity contribution in [1.82, 2.24) is 14.8 Å². The van der Waals surface area contributed by atoms with Gasteiger partial charge in [-0.2, -0.15) is 0 Å². The van der Waals surface area contributed by atoms with Crippen molar-refractivity contribution in [2.24, 2.45) is 0 Å². The predicted molar refractivity (Wildman–Crippen MR) is 102 cm³/mol. The highest BCUT2D eigenvalue weighted by Crippen LogP contribution is 2.42. The normalized spacial score (nSPS) is 15.9. The summed E-state index contributed by atoms with van der Waals surface area (Å²) in [4.78, 5) is 0. The lowest BCUT2D eigenvalue weighted by Gasteiger charge is -2.20. The maximum Gasteiger partial charge on any atom is 0.191 e. The van der Waals surface area contributed by atoms with Crippen LogP contribution in [0.5, 0.6) is 11.5 Å². The zero-order valence-corrected chi connectivity index (χ0v) is 16.1. The molecule has 8 heteroatoms. The number of rotatable bonds is 6. The topological polar surface area (TPSA) is 62.3 Å². The standard InChI is InChI=1S/C19H18ClN3O3S/c20-15-8-12(9-16-17(15)26-7-6-25-16)11-27-19-22-21-18(13-3-4-13)23(19)10-14-2-1-5-24-14/h1-2,5,8-9,13H,3-4,6-7,10-11H2. The minimum atomic E-state index is 0.519. The molecule has 0 saturated heterocycles. The molecule has 1 aliphatic heterocycles. The molecular formula is C19H18ClN3O3S. The van der Waals surface area contributed by atoms with Crippen LogP contribution in [0.25, 0.3) is 0 Å². The average molecular weight is 404 g/mol. The van der Waals surface area contributed by atoms with Crippen molar-refractivity contribution >= 4 is 23.4 Å². The first-order chi connectivity index (χ1) is 13.3. The molecule has 0 atom stereocenters. The Bertz CT molecular complexity index is 954. The molecule has 1 aliphatic carbocycles. The Morgan fingerprint density at radius 2 is 2.07 bits per heavy atom. The van der Waals surface area contributed by atoms with E-state index in [0.29, 0.717) is 42.2 Å². The summed E-state index contributed by atoms with van der Waals surface area (Å²) in [6.45, 7) is 1.72. The highest BCUT2D eigenvalue weighted by Gasteiger charge is 2.30. The summed E-state index contributed by atoms with van der Waals surface area (Å²) >= 11 is 7.99. The van der Waals surface area contributed by atoms with Crippen LogP contribution in [-0.4, -0.2) is 28.0 Å². The molecule has 27 heavy (non-hydrogen) atoms. The third-order valence-electron chi connectivity index (χ3n) is 4.61. The number of thioether (sulfide) groups is 1. The Balaban J connectivity index is 1.37. The number of hydrogen-bond donors (Lipinski definition) is 0. The molecule has 2 aliphatic rings. The lowest BCUT2D eigenvalue weighted by molar-refractivity contribution is 0.171. The molecule has 0 spiro atoms. The molecule has 0 radical (unpaired) electrons. The Hall–Kier alpha value is -2.12. The molecule has 3 aromatic rings. The van der Waals surface area contributed by atoms with Gasteiger partial charge in [-0.05, 0) is 42.7 Å². The van der Waals surface area contributed by atoms with Crippen LogP contribution in [0.3, 0.4) is 0 Å². The van der Waals surface area contributed by atoms with E-state index in [-0.39, 0.29) is 0 Å². The molecule has 140 valence electrons. The molecule has 5 rings (SSSR count). The number of nitrogens with zero attached hydrogens (tertiary/aromatic N) is 3. The number of aromatic nitrogens is 3. The van der Waals surface area contributed by atoms with Gasteiger partial charge in [-0.15, -0.1) is 10.2 Å². The maximum atomic E-state index is 6.35. The van der Waals surface area contributed by atoms with E-state index in [0.717, 1.165) is 28.1 Å². The van der Waals surface area contributed by atoms with E-state index in [2.05, 4.69) is 14.8 Å². The number of halogens is 1. The molecule has 1 saturated carbocycles. The van der Waals surface area contributed by atoms with Crippen molar-refractivity contribution in [3.63, 3.8) is 0 Å². The van der Waals surface area contributed by atoms with E-state index in [9.17, 15) is 0 Å². The zero-order valence-electron chi connectivity index (χ0n) is 14.6. The van der Waals surface area contributed by atoms with Gasteiger partial charge in [0.1, 0.15) is 24.8 Å². The van der Waals surface area contributed by atoms with Crippen LogP contribution in [-0.2, 0) is 12.3 Å². The summed E-state index contributed by atoms with van der Waals surface area (Å²) < 4.78 is 18.9. The van der Waals surface area contributed by atoms with Crippen LogP contribution in [0, 0.1) is 0 Å². The molecular weight excluding hydrogens is 386 g/mol. The number of furan rings is 1. The third-order valence-corrected chi connectivity index (χ3v) is 5.93. The van der Waals surface area contributed by atoms with Gasteiger partial charge in [0, 0.05) is 11.7 Å². The van der Waals surface area contributed by atoms with Gasteiger partial charge in [-0.25, -0.2) is 0 Å². The van der Waals surface area contributed by atoms with Crippen LogP contribution >= 0.6 is 23.4 Å². The molecule has 0 bridgehead atoms. The fourth-order valence-corrected chi connectivity index (χ4v) is 4.32. The summed E-state index contributed by atoms with van der Waals surface area (Å²) in [5, 5.41) is 10.3. The molecule has 6 nitrogen and oxygen atoms in total. The van der Waals surface area contributed by atoms with Gasteiger partial charge in [0.25, 0.3) is 0 Å². The molecule has 0 amide bonds. The van der Waals surface area contributed by atoms with Crippen LogP contribution < -0.4 is 9.47 Å². The van der Waals surface area contributed by atoms with E-state index < -0.39 is 0 Å². The van der Waals surface area contributed by atoms with Crippen molar-refractivity contribution in [1.29, 1.82) is 0 Å². The Labute approximate surface area is 165 Å². The van der Waals surface area contributed by atoms with Crippen LogP contribution in [0.15, 0.2) is 40.1 Å². The Kier molecular flexibility index (Phi) is 4.49. The van der Waals surface area contributed by atoms with E-state index in [1.807, 2.05) is 24.3 Å². The summed E-state index contributed by atoms with van der Waals surface area (Å²) in [5.41, 5.74) is 1.06. The second-order valence-electron chi connectivity index (χ2n) is 6.67. The van der Waals surface area contributed by atoms with E-state index in [1.165, 1.54) is 12.8 Å². The summed E-state index contributed by atoms with van der Waals surface area (Å²) in [5.74, 6) is 4.53.